The zero-order valence-corrected chi connectivity index (χ0v) is 17.2. The molecule has 27 heavy (non-hydrogen) atoms. The Bertz CT molecular complexity index is 583. The lowest BCUT2D eigenvalue weighted by atomic mass is 9.96. The van der Waals surface area contributed by atoms with E-state index in [9.17, 15) is 14.4 Å². The van der Waals surface area contributed by atoms with Gasteiger partial charge in [-0.2, -0.15) is 0 Å². The van der Waals surface area contributed by atoms with Crippen molar-refractivity contribution in [3.8, 4) is 0 Å². The maximum atomic E-state index is 12.8. The van der Waals surface area contributed by atoms with Crippen LogP contribution in [-0.2, 0) is 9.59 Å². The number of urea groups is 1. The van der Waals surface area contributed by atoms with Crippen LogP contribution >= 0.6 is 11.8 Å². The molecular weight excluding hydrogens is 366 g/mol. The fraction of sp³-hybridized carbons (Fsp3) is 0.833. The van der Waals surface area contributed by atoms with Crippen molar-refractivity contribution >= 4 is 29.6 Å². The molecule has 152 valence electrons. The highest BCUT2D eigenvalue weighted by atomic mass is 32.2. The van der Waals surface area contributed by atoms with Crippen molar-refractivity contribution in [3.05, 3.63) is 0 Å². The van der Waals surface area contributed by atoms with Gasteiger partial charge in [0.25, 0.3) is 0 Å². The molecule has 0 spiro atoms. The lowest BCUT2D eigenvalue weighted by Gasteiger charge is -2.50. The summed E-state index contributed by atoms with van der Waals surface area (Å²) in [4.78, 5) is 40.2. The van der Waals surface area contributed by atoms with Gasteiger partial charge < -0.3 is 10.2 Å². The average Bonchev–Trinajstić information content (AvgIpc) is 3.15. The second kappa shape index (κ2) is 8.79. The van der Waals surface area contributed by atoms with Gasteiger partial charge >= 0.3 is 6.03 Å². The van der Waals surface area contributed by atoms with Gasteiger partial charge in [0.05, 0.1) is 29.4 Å². The quantitative estimate of drug-likeness (QED) is 0.616. The summed E-state index contributed by atoms with van der Waals surface area (Å²) in [5.41, 5.74) is 0. The maximum Gasteiger partial charge on any atom is 0.327 e. The Kier molecular flexibility index (Phi) is 6.65. The van der Waals surface area contributed by atoms with Gasteiger partial charge in [-0.3, -0.25) is 25.1 Å². The van der Waals surface area contributed by atoms with Crippen molar-refractivity contribution in [3.63, 3.8) is 0 Å². The number of fused-ring (bicyclic) bond motifs is 1. The monoisotopic (exact) mass is 397 g/mol. The maximum absolute atomic E-state index is 12.8. The highest BCUT2D eigenvalue weighted by molar-refractivity contribution is 8.00. The molecular formula is C18H31N5O3S. The van der Waals surface area contributed by atoms with Gasteiger partial charge in [0.2, 0.25) is 11.8 Å². The smallest absolute Gasteiger partial charge is 0.327 e. The van der Waals surface area contributed by atoms with Gasteiger partial charge in [-0.15, -0.1) is 11.8 Å². The first-order chi connectivity index (χ1) is 12.9. The average molecular weight is 398 g/mol. The molecule has 3 N–H and O–H groups in total. The molecule has 0 radical (unpaired) electrons. The lowest BCUT2D eigenvalue weighted by molar-refractivity contribution is -0.140. The van der Waals surface area contributed by atoms with Crippen molar-refractivity contribution in [2.75, 3.05) is 19.8 Å². The lowest BCUT2D eigenvalue weighted by Crippen LogP contribution is -2.74. The Balaban J connectivity index is 1.67. The van der Waals surface area contributed by atoms with Crippen molar-refractivity contribution in [2.24, 2.45) is 5.92 Å². The van der Waals surface area contributed by atoms with Crippen LogP contribution in [0.4, 0.5) is 4.79 Å². The minimum absolute atomic E-state index is 0.0121. The van der Waals surface area contributed by atoms with Crippen molar-refractivity contribution in [1.29, 1.82) is 0 Å². The van der Waals surface area contributed by atoms with Crippen LogP contribution in [-0.4, -0.2) is 71.2 Å². The van der Waals surface area contributed by atoms with Crippen molar-refractivity contribution in [1.82, 2.24) is 25.8 Å². The predicted molar refractivity (Wildman–Crippen MR) is 105 cm³/mol. The summed E-state index contributed by atoms with van der Waals surface area (Å²) in [6.45, 7) is 2.10. The van der Waals surface area contributed by atoms with Gasteiger partial charge in [0, 0.05) is 20.1 Å². The largest absolute Gasteiger partial charge is 0.353 e. The first kappa shape index (κ1) is 20.4. The fourth-order valence-electron chi connectivity index (χ4n) is 4.23. The van der Waals surface area contributed by atoms with Gasteiger partial charge in [-0.1, -0.05) is 26.2 Å². The number of carbonyl (C=O) groups excluding carboxylic acids is 3. The summed E-state index contributed by atoms with van der Waals surface area (Å²) < 4.78 is 0. The number of rotatable bonds is 6. The molecule has 2 aliphatic heterocycles. The number of hydrogen-bond donors (Lipinski definition) is 3. The number of nitrogens with zero attached hydrogens (tertiary/aromatic N) is 2. The van der Waals surface area contributed by atoms with E-state index in [0.717, 1.165) is 25.7 Å². The van der Waals surface area contributed by atoms with Gasteiger partial charge in [0.1, 0.15) is 0 Å². The Morgan fingerprint density at radius 3 is 2.59 bits per heavy atom. The Labute approximate surface area is 165 Å². The predicted octanol–water partition coefficient (Wildman–Crippen LogP) is 0.890. The topological polar surface area (TPSA) is 93.8 Å². The van der Waals surface area contributed by atoms with E-state index >= 15 is 0 Å². The van der Waals surface area contributed by atoms with E-state index in [1.54, 1.807) is 11.9 Å². The minimum Gasteiger partial charge on any atom is -0.353 e. The number of carbonyl (C=O) groups is 3. The number of hydrogen-bond acceptors (Lipinski definition) is 6. The number of imide groups is 1. The van der Waals surface area contributed by atoms with E-state index < -0.39 is 5.92 Å². The molecule has 0 aromatic carbocycles. The Hall–Kier alpha value is -1.32. The molecule has 4 amide bonds. The van der Waals surface area contributed by atoms with E-state index in [1.165, 1.54) is 36.6 Å². The molecule has 9 heteroatoms. The molecule has 3 rings (SSSR count). The SMILES string of the molecule is CCCC1NC(SCC(=O)NC2CCCC2)C2C(=O)N(C)C(=O)N(C)C2N1. The highest BCUT2D eigenvalue weighted by Crippen LogP contribution is 2.31. The van der Waals surface area contributed by atoms with Crippen molar-refractivity contribution < 1.29 is 14.4 Å². The second-order valence-corrected chi connectivity index (χ2v) is 8.85. The van der Waals surface area contributed by atoms with Crippen LogP contribution in [0.15, 0.2) is 0 Å². The molecule has 4 unspecified atom stereocenters. The van der Waals surface area contributed by atoms with Crippen LogP contribution < -0.4 is 16.0 Å². The van der Waals surface area contributed by atoms with Crippen LogP contribution in [0.5, 0.6) is 0 Å². The van der Waals surface area contributed by atoms with Gasteiger partial charge in [0.15, 0.2) is 0 Å². The standard InChI is InChI=1S/C18H31N5O3S/c1-4-7-12-20-15-14(17(25)23(3)18(26)22(15)2)16(21-12)27-10-13(24)19-11-8-5-6-9-11/h11-12,14-16,20-21H,4-10H2,1-3H3,(H,19,24). The number of amides is 4. The summed E-state index contributed by atoms with van der Waals surface area (Å²) in [6, 6.07) is -0.000467. The molecule has 0 aromatic rings. The summed E-state index contributed by atoms with van der Waals surface area (Å²) in [5, 5.41) is 9.76. The van der Waals surface area contributed by atoms with E-state index in [4.69, 9.17) is 0 Å². The molecule has 3 aliphatic rings. The van der Waals surface area contributed by atoms with Gasteiger partial charge in [-0.05, 0) is 19.3 Å². The molecule has 0 bridgehead atoms. The molecule has 1 saturated carbocycles. The zero-order valence-electron chi connectivity index (χ0n) is 16.4. The molecule has 0 aromatic heterocycles. The van der Waals surface area contributed by atoms with Crippen LogP contribution in [0.2, 0.25) is 0 Å². The third kappa shape index (κ3) is 4.41. The fourth-order valence-corrected chi connectivity index (χ4v) is 5.38. The Morgan fingerprint density at radius 2 is 1.93 bits per heavy atom. The first-order valence-electron chi connectivity index (χ1n) is 9.89. The third-order valence-electron chi connectivity index (χ3n) is 5.72. The summed E-state index contributed by atoms with van der Waals surface area (Å²) in [7, 11) is 3.24. The normalized spacial score (nSPS) is 32.0. The minimum atomic E-state index is -0.421. The van der Waals surface area contributed by atoms with Crippen molar-refractivity contribution in [2.45, 2.75) is 69.2 Å². The van der Waals surface area contributed by atoms with E-state index in [0.29, 0.717) is 11.8 Å². The van der Waals surface area contributed by atoms with Crippen LogP contribution in [0, 0.1) is 5.92 Å². The van der Waals surface area contributed by atoms with Gasteiger partial charge in [-0.25, -0.2) is 4.79 Å². The highest BCUT2D eigenvalue weighted by Gasteiger charge is 2.50. The third-order valence-corrected chi connectivity index (χ3v) is 6.93. The molecule has 4 atom stereocenters. The molecule has 1 aliphatic carbocycles. The second-order valence-electron chi connectivity index (χ2n) is 7.72. The molecule has 2 saturated heterocycles. The zero-order chi connectivity index (χ0) is 19.6. The van der Waals surface area contributed by atoms with Crippen LogP contribution in [0.25, 0.3) is 0 Å². The molecule has 8 nitrogen and oxygen atoms in total. The summed E-state index contributed by atoms with van der Waals surface area (Å²) >= 11 is 1.46. The molecule has 3 fully saturated rings. The van der Waals surface area contributed by atoms with E-state index in [1.807, 2.05) is 0 Å². The van der Waals surface area contributed by atoms with E-state index in [2.05, 4.69) is 22.9 Å². The Morgan fingerprint density at radius 1 is 1.22 bits per heavy atom. The summed E-state index contributed by atoms with van der Waals surface area (Å²) in [5.74, 6) is -0.288. The number of nitrogens with one attached hydrogen (secondary N) is 3. The molecule has 2 heterocycles. The number of thioether (sulfide) groups is 1. The first-order valence-corrected chi connectivity index (χ1v) is 10.9. The van der Waals surface area contributed by atoms with E-state index in [-0.39, 0.29) is 35.6 Å². The van der Waals surface area contributed by atoms with Crippen LogP contribution in [0.3, 0.4) is 0 Å². The summed E-state index contributed by atoms with van der Waals surface area (Å²) in [6.07, 6.45) is 6.00. The van der Waals surface area contributed by atoms with Crippen LogP contribution in [0.1, 0.15) is 45.4 Å².